The van der Waals surface area contributed by atoms with Crippen LogP contribution < -0.4 is 21.3 Å². The molecule has 170 valence electrons. The monoisotopic (exact) mass is 492 g/mol. The van der Waals surface area contributed by atoms with E-state index < -0.39 is 0 Å². The van der Waals surface area contributed by atoms with E-state index in [2.05, 4.69) is 37.6 Å². The summed E-state index contributed by atoms with van der Waals surface area (Å²) < 4.78 is 0. The number of carbonyl (C=O) groups is 1. The topological polar surface area (TPSA) is 96.2 Å². The molecule has 0 aliphatic carbocycles. The highest BCUT2D eigenvalue weighted by Gasteiger charge is 2.32. The van der Waals surface area contributed by atoms with Crippen molar-refractivity contribution < 1.29 is 4.79 Å². The van der Waals surface area contributed by atoms with E-state index in [9.17, 15) is 4.79 Å². The lowest BCUT2D eigenvalue weighted by Crippen LogP contribution is -2.51. The highest BCUT2D eigenvalue weighted by Crippen LogP contribution is 2.32. The van der Waals surface area contributed by atoms with Gasteiger partial charge in [0.25, 0.3) is 5.91 Å². The number of nitrogens with zero attached hydrogens (tertiary/aromatic N) is 3. The van der Waals surface area contributed by atoms with Gasteiger partial charge in [-0.15, -0.1) is 23.7 Å². The number of nitrogens with one attached hydrogen (secondary N) is 2. The second-order valence-electron chi connectivity index (χ2n) is 8.34. The van der Waals surface area contributed by atoms with Gasteiger partial charge in [0.2, 0.25) is 0 Å². The lowest BCUT2D eigenvalue weighted by molar-refractivity contribution is 0.0959. The van der Waals surface area contributed by atoms with Crippen LogP contribution in [0.1, 0.15) is 33.8 Å². The number of aromatic nitrogens is 2. The molecule has 7 nitrogen and oxygen atoms in total. The number of carbonyl (C=O) groups excluding carboxylic acids is 1. The molecule has 2 saturated heterocycles. The molecule has 2 bridgehead atoms. The van der Waals surface area contributed by atoms with Gasteiger partial charge in [0.1, 0.15) is 15.2 Å². The number of fused-ring (bicyclic) bond motifs is 3. The second kappa shape index (κ2) is 9.39. The normalized spacial score (nSPS) is 19.8. The number of thiophene rings is 1. The van der Waals surface area contributed by atoms with Crippen molar-refractivity contribution in [3.63, 3.8) is 0 Å². The first-order valence-corrected chi connectivity index (χ1v) is 11.8. The van der Waals surface area contributed by atoms with Crippen molar-refractivity contribution in [1.29, 1.82) is 0 Å². The number of nitrogen functional groups attached to an aromatic ring is 1. The number of piperazine rings is 1. The summed E-state index contributed by atoms with van der Waals surface area (Å²) in [6, 6.07) is 7.35. The molecule has 2 aliphatic heterocycles. The van der Waals surface area contributed by atoms with Crippen LogP contribution in [0.3, 0.4) is 0 Å². The minimum atomic E-state index is -0.195. The third-order valence-electron chi connectivity index (χ3n) is 6.03. The van der Waals surface area contributed by atoms with Crippen molar-refractivity contribution in [3.05, 3.63) is 45.6 Å². The molecule has 1 aromatic carbocycles. The first-order valence-electron chi connectivity index (χ1n) is 10.6. The van der Waals surface area contributed by atoms with Crippen LogP contribution in [0.15, 0.2) is 24.4 Å². The molecule has 1 amide bonds. The minimum Gasteiger partial charge on any atom is -0.396 e. The van der Waals surface area contributed by atoms with Gasteiger partial charge in [0.15, 0.2) is 0 Å². The maximum Gasteiger partial charge on any atom is 0.263 e. The summed E-state index contributed by atoms with van der Waals surface area (Å²) in [5.41, 5.74) is 10.1. The Kier molecular flexibility index (Phi) is 6.76. The van der Waals surface area contributed by atoms with Crippen LogP contribution in [-0.4, -0.2) is 47.6 Å². The zero-order valence-corrected chi connectivity index (χ0v) is 20.1. The van der Waals surface area contributed by atoms with Gasteiger partial charge in [-0.3, -0.25) is 4.79 Å². The molecular weight excluding hydrogens is 467 g/mol. The van der Waals surface area contributed by atoms with Crippen molar-refractivity contribution in [2.75, 3.05) is 30.3 Å². The molecule has 4 heterocycles. The van der Waals surface area contributed by atoms with E-state index >= 15 is 0 Å². The number of benzene rings is 1. The van der Waals surface area contributed by atoms with Gasteiger partial charge in [0, 0.05) is 37.9 Å². The maximum atomic E-state index is 12.6. The minimum absolute atomic E-state index is 0. The number of aryl methyl sites for hydroxylation is 1. The van der Waals surface area contributed by atoms with Crippen LogP contribution in [0.25, 0.3) is 10.3 Å². The highest BCUT2D eigenvalue weighted by molar-refractivity contribution is 7.21. The molecule has 5 rings (SSSR count). The lowest BCUT2D eigenvalue weighted by atomic mass is 10.1. The molecule has 2 atom stereocenters. The van der Waals surface area contributed by atoms with Crippen LogP contribution in [0.5, 0.6) is 0 Å². The van der Waals surface area contributed by atoms with Gasteiger partial charge in [-0.1, -0.05) is 17.7 Å². The van der Waals surface area contributed by atoms with Gasteiger partial charge < -0.3 is 21.3 Å². The number of rotatable bonds is 5. The fourth-order valence-electron chi connectivity index (χ4n) is 4.50. The molecule has 0 spiro atoms. The van der Waals surface area contributed by atoms with E-state index in [-0.39, 0.29) is 18.3 Å². The van der Waals surface area contributed by atoms with E-state index in [1.54, 1.807) is 6.20 Å². The van der Waals surface area contributed by atoms with Crippen molar-refractivity contribution in [2.24, 2.45) is 0 Å². The van der Waals surface area contributed by atoms with Crippen molar-refractivity contribution in [1.82, 2.24) is 20.6 Å². The molecule has 3 aromatic rings. The zero-order chi connectivity index (χ0) is 21.5. The van der Waals surface area contributed by atoms with Gasteiger partial charge in [0.05, 0.1) is 22.1 Å². The van der Waals surface area contributed by atoms with E-state index in [1.807, 2.05) is 13.0 Å². The van der Waals surface area contributed by atoms with Gasteiger partial charge in [-0.05, 0) is 43.9 Å². The van der Waals surface area contributed by atoms with E-state index in [0.29, 0.717) is 46.0 Å². The molecule has 2 fully saturated rings. The zero-order valence-electron chi connectivity index (χ0n) is 17.7. The van der Waals surface area contributed by atoms with Crippen molar-refractivity contribution >= 4 is 63.0 Å². The number of halogens is 2. The maximum absolute atomic E-state index is 12.6. The Labute approximate surface area is 202 Å². The third kappa shape index (κ3) is 4.50. The van der Waals surface area contributed by atoms with Gasteiger partial charge >= 0.3 is 0 Å². The van der Waals surface area contributed by atoms with Crippen LogP contribution in [-0.2, 0) is 6.42 Å². The summed E-state index contributed by atoms with van der Waals surface area (Å²) in [7, 11) is 0. The third-order valence-corrected chi connectivity index (χ3v) is 7.42. The Morgan fingerprint density at radius 1 is 1.34 bits per heavy atom. The number of hydrogen-bond acceptors (Lipinski definition) is 7. The molecule has 32 heavy (non-hydrogen) atoms. The average molecular weight is 493 g/mol. The largest absolute Gasteiger partial charge is 0.396 e. The standard InChI is InChI=1S/C22H25ClN6OS.ClH/c1-12-9-26-19-18(24)20(31-22(19)27-12)21(30)25-7-6-13-2-5-17(16(23)8-13)29-10-14-3-4-15(11-29)28-14;/h2,5,8-9,14-15,28H,3-4,6-7,10-11,24H2,1H3,(H,25,30);1H. The number of amides is 1. The highest BCUT2D eigenvalue weighted by atomic mass is 35.5. The SMILES string of the molecule is Cc1cnc2c(N)c(C(=O)NCCc3ccc(N4CC5CCC(C4)N5)c(Cl)c3)sc2n1.Cl. The molecule has 0 radical (unpaired) electrons. The van der Waals surface area contributed by atoms with Crippen molar-refractivity contribution in [2.45, 2.75) is 38.3 Å². The Morgan fingerprint density at radius 2 is 2.09 bits per heavy atom. The summed E-state index contributed by atoms with van der Waals surface area (Å²) in [6.07, 6.45) is 4.84. The number of nitrogens with two attached hydrogens (primary N) is 1. The smallest absolute Gasteiger partial charge is 0.263 e. The molecule has 4 N–H and O–H groups in total. The summed E-state index contributed by atoms with van der Waals surface area (Å²) in [6.45, 7) is 4.38. The van der Waals surface area contributed by atoms with Crippen LogP contribution >= 0.6 is 35.3 Å². The second-order valence-corrected chi connectivity index (χ2v) is 9.75. The predicted octanol–water partition coefficient (Wildman–Crippen LogP) is 3.57. The summed E-state index contributed by atoms with van der Waals surface area (Å²) in [5, 5.41) is 7.37. The number of anilines is 2. The van der Waals surface area contributed by atoms with Crippen LogP contribution in [0.2, 0.25) is 5.02 Å². The van der Waals surface area contributed by atoms with Crippen molar-refractivity contribution in [3.8, 4) is 0 Å². The molecule has 10 heteroatoms. The van der Waals surface area contributed by atoms with Crippen LogP contribution in [0.4, 0.5) is 11.4 Å². The molecule has 2 unspecified atom stereocenters. The first-order chi connectivity index (χ1) is 15.0. The molecule has 2 aliphatic rings. The quantitative estimate of drug-likeness (QED) is 0.503. The predicted molar refractivity (Wildman–Crippen MR) is 133 cm³/mol. The van der Waals surface area contributed by atoms with Gasteiger partial charge in [-0.2, -0.15) is 0 Å². The Balaban J connectivity index is 0.00000245. The molecular formula is C22H26Cl2N6OS. The summed E-state index contributed by atoms with van der Waals surface area (Å²) >= 11 is 7.89. The van der Waals surface area contributed by atoms with E-state index in [1.165, 1.54) is 24.2 Å². The van der Waals surface area contributed by atoms with E-state index in [0.717, 1.165) is 35.1 Å². The van der Waals surface area contributed by atoms with Gasteiger partial charge in [-0.25, -0.2) is 9.97 Å². The summed E-state index contributed by atoms with van der Waals surface area (Å²) in [4.78, 5) is 24.9. The fraction of sp³-hybridized carbons (Fsp3) is 0.409. The Bertz CT molecular complexity index is 1140. The molecule has 2 aromatic heterocycles. The van der Waals surface area contributed by atoms with E-state index in [4.69, 9.17) is 17.3 Å². The lowest BCUT2D eigenvalue weighted by Gasteiger charge is -2.35. The average Bonchev–Trinajstić information content (AvgIpc) is 3.26. The number of hydrogen-bond donors (Lipinski definition) is 3. The Hall–Kier alpha value is -2.13. The fourth-order valence-corrected chi connectivity index (χ4v) is 5.83. The Morgan fingerprint density at radius 3 is 2.81 bits per heavy atom. The molecule has 0 saturated carbocycles. The van der Waals surface area contributed by atoms with Crippen LogP contribution in [0, 0.1) is 6.92 Å². The summed E-state index contributed by atoms with van der Waals surface area (Å²) in [5.74, 6) is -0.195. The first kappa shape index (κ1) is 23.0.